The van der Waals surface area contributed by atoms with E-state index in [2.05, 4.69) is 19.0 Å². The van der Waals surface area contributed by atoms with Gasteiger partial charge in [0.25, 0.3) is 0 Å². The van der Waals surface area contributed by atoms with Crippen LogP contribution in [0.25, 0.3) is 0 Å². The fraction of sp³-hybridized carbons (Fsp3) is 0.458. The second kappa shape index (κ2) is 11.1. The van der Waals surface area contributed by atoms with Gasteiger partial charge in [-0.2, -0.15) is 0 Å². The van der Waals surface area contributed by atoms with Gasteiger partial charge in [-0.3, -0.25) is 0 Å². The van der Waals surface area contributed by atoms with Crippen LogP contribution in [0.3, 0.4) is 0 Å². The Labute approximate surface area is 178 Å². The van der Waals surface area contributed by atoms with Gasteiger partial charge in [0.1, 0.15) is 5.75 Å². The standard InChI is InChI=1S/C16H25NO2.C8H8O3/c1-17(2)12-14-7-4-5-10-16(14,18)13-8-6-9-15(11-13)19-3;9-7(8(10)11)6-4-2-1-3-5-6/h6,8-9,11,14,18H,4-5,7,10,12H2,1-3H3;1-5,7,9H,(H,10,11)/t14-,16+;7-/m10/s1. The molecule has 0 unspecified atom stereocenters. The van der Waals surface area contributed by atoms with E-state index < -0.39 is 17.7 Å². The lowest BCUT2D eigenvalue weighted by Crippen LogP contribution is -2.43. The number of ether oxygens (including phenoxy) is 1. The van der Waals surface area contributed by atoms with Crippen molar-refractivity contribution in [2.75, 3.05) is 27.7 Å². The van der Waals surface area contributed by atoms with Gasteiger partial charge in [0, 0.05) is 12.5 Å². The maximum atomic E-state index is 11.2. The summed E-state index contributed by atoms with van der Waals surface area (Å²) in [5, 5.41) is 28.6. The Balaban J connectivity index is 0.000000248. The zero-order chi connectivity index (χ0) is 22.1. The van der Waals surface area contributed by atoms with Gasteiger partial charge in [0.05, 0.1) is 12.7 Å². The molecule has 0 spiro atoms. The Hall–Kier alpha value is -2.41. The minimum Gasteiger partial charge on any atom is -0.497 e. The fourth-order valence-corrected chi connectivity index (χ4v) is 3.96. The van der Waals surface area contributed by atoms with Gasteiger partial charge in [0.2, 0.25) is 0 Å². The predicted molar refractivity (Wildman–Crippen MR) is 116 cm³/mol. The average Bonchev–Trinajstić information content (AvgIpc) is 2.75. The first-order valence-electron chi connectivity index (χ1n) is 10.3. The van der Waals surface area contributed by atoms with Crippen LogP contribution in [-0.2, 0) is 10.4 Å². The second-order valence-electron chi connectivity index (χ2n) is 8.01. The molecule has 1 saturated carbocycles. The molecule has 3 rings (SSSR count). The average molecular weight is 416 g/mol. The molecular formula is C24H33NO5. The molecule has 30 heavy (non-hydrogen) atoms. The lowest BCUT2D eigenvalue weighted by Gasteiger charge is -2.41. The maximum absolute atomic E-state index is 11.2. The van der Waals surface area contributed by atoms with E-state index in [0.717, 1.165) is 37.1 Å². The molecule has 3 atom stereocenters. The lowest BCUT2D eigenvalue weighted by atomic mass is 9.71. The predicted octanol–water partition coefficient (Wildman–Crippen LogP) is 3.44. The topological polar surface area (TPSA) is 90.2 Å². The van der Waals surface area contributed by atoms with Crippen LogP contribution in [-0.4, -0.2) is 53.9 Å². The van der Waals surface area contributed by atoms with Crippen LogP contribution in [0, 0.1) is 5.92 Å². The van der Waals surface area contributed by atoms with Gasteiger partial charge in [-0.25, -0.2) is 4.79 Å². The van der Waals surface area contributed by atoms with Crippen molar-refractivity contribution in [3.05, 3.63) is 65.7 Å². The highest BCUT2D eigenvalue weighted by Gasteiger charge is 2.40. The zero-order valence-corrected chi connectivity index (χ0v) is 18.0. The van der Waals surface area contributed by atoms with E-state index in [0.29, 0.717) is 11.5 Å². The van der Waals surface area contributed by atoms with Gasteiger partial charge < -0.3 is 25.0 Å². The van der Waals surface area contributed by atoms with Crippen LogP contribution in [0.4, 0.5) is 0 Å². The molecule has 0 saturated heterocycles. The van der Waals surface area contributed by atoms with E-state index in [9.17, 15) is 9.90 Å². The molecule has 2 aromatic carbocycles. The number of nitrogens with zero attached hydrogens (tertiary/aromatic N) is 1. The Morgan fingerprint density at radius 3 is 2.47 bits per heavy atom. The quantitative estimate of drug-likeness (QED) is 0.670. The molecule has 0 heterocycles. The van der Waals surface area contributed by atoms with Crippen molar-refractivity contribution in [2.24, 2.45) is 5.92 Å². The first-order chi connectivity index (χ1) is 14.3. The van der Waals surface area contributed by atoms with E-state index in [1.54, 1.807) is 37.4 Å². The summed E-state index contributed by atoms with van der Waals surface area (Å²) in [6, 6.07) is 16.2. The normalized spacial score (nSPS) is 22.0. The number of rotatable bonds is 6. The summed E-state index contributed by atoms with van der Waals surface area (Å²) in [7, 11) is 5.81. The van der Waals surface area contributed by atoms with Gasteiger partial charge >= 0.3 is 5.97 Å². The first-order valence-corrected chi connectivity index (χ1v) is 10.3. The molecule has 0 radical (unpaired) electrons. The SMILES string of the molecule is COc1cccc([C@@]2(O)CCCC[C@@H]2CN(C)C)c1.O=C(O)[C@@H](O)c1ccccc1. The van der Waals surface area contributed by atoms with Gasteiger partial charge in [-0.15, -0.1) is 0 Å². The van der Waals surface area contributed by atoms with Crippen molar-refractivity contribution in [1.82, 2.24) is 4.90 Å². The maximum Gasteiger partial charge on any atom is 0.337 e. The highest BCUT2D eigenvalue weighted by atomic mass is 16.5. The molecule has 2 aromatic rings. The van der Waals surface area contributed by atoms with E-state index in [4.69, 9.17) is 14.9 Å². The number of carbonyl (C=O) groups is 1. The van der Waals surface area contributed by atoms with Crippen LogP contribution in [0.5, 0.6) is 5.75 Å². The molecule has 1 fully saturated rings. The van der Waals surface area contributed by atoms with Gasteiger partial charge in [-0.05, 0) is 50.2 Å². The monoisotopic (exact) mass is 415 g/mol. The molecule has 1 aliphatic carbocycles. The van der Waals surface area contributed by atoms with E-state index in [1.165, 1.54) is 6.42 Å². The van der Waals surface area contributed by atoms with Gasteiger partial charge in [0.15, 0.2) is 6.10 Å². The van der Waals surface area contributed by atoms with Crippen molar-refractivity contribution < 1.29 is 24.9 Å². The summed E-state index contributed by atoms with van der Waals surface area (Å²) in [6.45, 7) is 0.924. The summed E-state index contributed by atoms with van der Waals surface area (Å²) >= 11 is 0. The number of aliphatic carboxylic acids is 1. The largest absolute Gasteiger partial charge is 0.497 e. The van der Waals surface area contributed by atoms with E-state index in [-0.39, 0.29) is 0 Å². The Bertz CT molecular complexity index is 795. The number of carboxylic acids is 1. The molecule has 1 aliphatic rings. The van der Waals surface area contributed by atoms with Crippen molar-refractivity contribution in [1.29, 1.82) is 0 Å². The van der Waals surface area contributed by atoms with Crippen molar-refractivity contribution >= 4 is 5.97 Å². The van der Waals surface area contributed by atoms with Crippen LogP contribution in [0.15, 0.2) is 54.6 Å². The lowest BCUT2D eigenvalue weighted by molar-refractivity contribution is -0.146. The molecule has 0 aromatic heterocycles. The molecule has 0 amide bonds. The van der Waals surface area contributed by atoms with Crippen molar-refractivity contribution in [2.45, 2.75) is 37.4 Å². The second-order valence-corrected chi connectivity index (χ2v) is 8.01. The number of benzene rings is 2. The highest BCUT2D eigenvalue weighted by Crippen LogP contribution is 2.42. The summed E-state index contributed by atoms with van der Waals surface area (Å²) in [5.74, 6) is -0.111. The number of hydrogen-bond acceptors (Lipinski definition) is 5. The third kappa shape index (κ3) is 6.29. The summed E-state index contributed by atoms with van der Waals surface area (Å²) in [5.41, 5.74) is 0.690. The Morgan fingerprint density at radius 1 is 1.17 bits per heavy atom. The molecular weight excluding hydrogens is 382 g/mol. The third-order valence-corrected chi connectivity index (χ3v) is 5.54. The zero-order valence-electron chi connectivity index (χ0n) is 18.0. The van der Waals surface area contributed by atoms with E-state index in [1.807, 2.05) is 24.3 Å². The molecule has 6 heteroatoms. The highest BCUT2D eigenvalue weighted by molar-refractivity contribution is 5.73. The Morgan fingerprint density at radius 2 is 1.87 bits per heavy atom. The molecule has 0 bridgehead atoms. The van der Waals surface area contributed by atoms with Gasteiger partial charge in [-0.1, -0.05) is 55.3 Å². The Kier molecular flexibility index (Phi) is 8.84. The molecule has 3 N–H and O–H groups in total. The summed E-state index contributed by atoms with van der Waals surface area (Å²) in [4.78, 5) is 12.4. The van der Waals surface area contributed by atoms with Crippen LogP contribution < -0.4 is 4.74 Å². The van der Waals surface area contributed by atoms with Crippen LogP contribution in [0.2, 0.25) is 0 Å². The number of methoxy groups -OCH3 is 1. The number of hydrogen-bond donors (Lipinski definition) is 3. The summed E-state index contributed by atoms with van der Waals surface area (Å²) < 4.78 is 5.29. The van der Waals surface area contributed by atoms with Crippen LogP contribution in [0.1, 0.15) is 42.9 Å². The smallest absolute Gasteiger partial charge is 0.337 e. The molecule has 0 aliphatic heterocycles. The summed E-state index contributed by atoms with van der Waals surface area (Å²) in [6.07, 6.45) is 2.84. The van der Waals surface area contributed by atoms with E-state index >= 15 is 0 Å². The van der Waals surface area contributed by atoms with Crippen LogP contribution >= 0.6 is 0 Å². The number of aliphatic hydroxyl groups is 2. The minimum atomic E-state index is -1.41. The van der Waals surface area contributed by atoms with Crippen molar-refractivity contribution in [3.63, 3.8) is 0 Å². The molecule has 6 nitrogen and oxygen atoms in total. The minimum absolute atomic E-state index is 0.295. The fourth-order valence-electron chi connectivity index (χ4n) is 3.96. The molecule has 164 valence electrons. The first kappa shape index (κ1) is 23.9. The van der Waals surface area contributed by atoms with Crippen molar-refractivity contribution in [3.8, 4) is 5.75 Å². The number of aliphatic hydroxyl groups excluding tert-OH is 1. The number of carboxylic acid groups (broad SMARTS) is 1. The third-order valence-electron chi connectivity index (χ3n) is 5.54.